The summed E-state index contributed by atoms with van der Waals surface area (Å²) in [6, 6.07) is 27.5. The second-order valence-corrected chi connectivity index (χ2v) is 8.88. The zero-order valence-electron chi connectivity index (χ0n) is 17.9. The number of rotatable bonds is 2. The van der Waals surface area contributed by atoms with Gasteiger partial charge >= 0.3 is 0 Å². The van der Waals surface area contributed by atoms with Crippen LogP contribution >= 0.6 is 0 Å². The van der Waals surface area contributed by atoms with Crippen LogP contribution in [-0.4, -0.2) is 9.55 Å². The summed E-state index contributed by atoms with van der Waals surface area (Å²) in [5.41, 5.74) is 7.20. The van der Waals surface area contributed by atoms with Crippen molar-refractivity contribution >= 4 is 21.8 Å². The van der Waals surface area contributed by atoms with Crippen molar-refractivity contribution in [2.75, 3.05) is 0 Å². The first kappa shape index (κ1) is 19.1. The summed E-state index contributed by atoms with van der Waals surface area (Å²) in [7, 11) is 0. The summed E-state index contributed by atoms with van der Waals surface area (Å²) in [5.74, 6) is 0. The van der Waals surface area contributed by atoms with Crippen LogP contribution in [0, 0.1) is 11.3 Å². The smallest absolute Gasteiger partial charge is 0.0998 e. The molecule has 2 heterocycles. The molecule has 0 amide bonds. The van der Waals surface area contributed by atoms with Crippen LogP contribution in [0.4, 0.5) is 0 Å². The summed E-state index contributed by atoms with van der Waals surface area (Å²) in [6.45, 7) is 6.74. The molecular formula is C28H23N3. The highest BCUT2D eigenvalue weighted by Gasteiger charge is 2.22. The Labute approximate surface area is 182 Å². The first-order chi connectivity index (χ1) is 15.0. The zero-order chi connectivity index (χ0) is 21.6. The van der Waals surface area contributed by atoms with Crippen molar-refractivity contribution in [3.63, 3.8) is 0 Å². The second kappa shape index (κ2) is 7.11. The molecule has 0 aliphatic rings. The van der Waals surface area contributed by atoms with Crippen LogP contribution in [0.2, 0.25) is 0 Å². The Morgan fingerprint density at radius 3 is 2.32 bits per heavy atom. The number of pyridine rings is 1. The third-order valence-corrected chi connectivity index (χ3v) is 5.88. The molecule has 0 radical (unpaired) electrons. The van der Waals surface area contributed by atoms with Crippen LogP contribution in [0.25, 0.3) is 38.6 Å². The Kier molecular flexibility index (Phi) is 4.38. The molecule has 0 spiro atoms. The maximum Gasteiger partial charge on any atom is 0.0998 e. The van der Waals surface area contributed by atoms with Gasteiger partial charge in [0, 0.05) is 28.9 Å². The molecule has 0 aliphatic heterocycles. The van der Waals surface area contributed by atoms with Gasteiger partial charge in [0.25, 0.3) is 0 Å². The van der Waals surface area contributed by atoms with Gasteiger partial charge in [0.05, 0.1) is 22.7 Å². The third kappa shape index (κ3) is 3.08. The molecule has 0 saturated heterocycles. The molecule has 31 heavy (non-hydrogen) atoms. The summed E-state index contributed by atoms with van der Waals surface area (Å²) in [4.78, 5) is 4.10. The molecule has 0 bridgehead atoms. The fraction of sp³-hybridized carbons (Fsp3) is 0.143. The molecule has 3 aromatic carbocycles. The van der Waals surface area contributed by atoms with Crippen LogP contribution in [0.5, 0.6) is 0 Å². The van der Waals surface area contributed by atoms with E-state index in [0.29, 0.717) is 5.56 Å². The first-order valence-corrected chi connectivity index (χ1v) is 10.5. The number of benzene rings is 3. The molecular weight excluding hydrogens is 378 g/mol. The Morgan fingerprint density at radius 2 is 1.58 bits per heavy atom. The average molecular weight is 402 g/mol. The molecule has 0 saturated carbocycles. The monoisotopic (exact) mass is 401 g/mol. The van der Waals surface area contributed by atoms with Gasteiger partial charge in [-0.05, 0) is 52.4 Å². The standard InChI is InChI=1S/C28H23N3/c1-28(2,3)25-9-6-8-24-23-7-4-5-10-26(23)31(27(24)25)21-11-12-22(20(17-21)18-29)19-13-15-30-16-14-19/h4-17H,1-3H3. The summed E-state index contributed by atoms with van der Waals surface area (Å²) < 4.78 is 2.31. The van der Waals surface area contributed by atoms with Crippen LogP contribution in [0.1, 0.15) is 31.9 Å². The van der Waals surface area contributed by atoms with Crippen LogP contribution in [0.3, 0.4) is 0 Å². The van der Waals surface area contributed by atoms with Crippen molar-refractivity contribution in [3.8, 4) is 22.9 Å². The fourth-order valence-corrected chi connectivity index (χ4v) is 4.44. The van der Waals surface area contributed by atoms with E-state index in [4.69, 9.17) is 0 Å². The minimum absolute atomic E-state index is 0.0132. The van der Waals surface area contributed by atoms with E-state index in [-0.39, 0.29) is 5.41 Å². The molecule has 0 aliphatic carbocycles. The molecule has 0 atom stereocenters. The lowest BCUT2D eigenvalue weighted by Gasteiger charge is -2.22. The van der Waals surface area contributed by atoms with E-state index >= 15 is 0 Å². The van der Waals surface area contributed by atoms with Crippen molar-refractivity contribution in [1.82, 2.24) is 9.55 Å². The van der Waals surface area contributed by atoms with E-state index in [1.807, 2.05) is 24.3 Å². The summed E-state index contributed by atoms with van der Waals surface area (Å²) in [6.07, 6.45) is 3.51. The van der Waals surface area contributed by atoms with Crippen LogP contribution < -0.4 is 0 Å². The van der Waals surface area contributed by atoms with Crippen molar-refractivity contribution in [2.45, 2.75) is 26.2 Å². The third-order valence-electron chi connectivity index (χ3n) is 5.88. The van der Waals surface area contributed by atoms with Gasteiger partial charge in [0.15, 0.2) is 0 Å². The Bertz CT molecular complexity index is 1460. The predicted molar refractivity (Wildman–Crippen MR) is 127 cm³/mol. The minimum atomic E-state index is -0.0132. The van der Waals surface area contributed by atoms with E-state index in [1.165, 1.54) is 21.9 Å². The zero-order valence-corrected chi connectivity index (χ0v) is 17.9. The molecule has 0 unspecified atom stereocenters. The van der Waals surface area contributed by atoms with E-state index in [9.17, 15) is 5.26 Å². The molecule has 3 heteroatoms. The topological polar surface area (TPSA) is 41.6 Å². The van der Waals surface area contributed by atoms with Gasteiger partial charge in [-0.3, -0.25) is 4.98 Å². The highest BCUT2D eigenvalue weighted by molar-refractivity contribution is 6.10. The predicted octanol–water partition coefficient (Wildman–Crippen LogP) is 7.01. The van der Waals surface area contributed by atoms with Crippen molar-refractivity contribution < 1.29 is 0 Å². The summed E-state index contributed by atoms with van der Waals surface area (Å²) >= 11 is 0. The van der Waals surface area contributed by atoms with Gasteiger partial charge in [-0.2, -0.15) is 5.26 Å². The maximum absolute atomic E-state index is 9.94. The van der Waals surface area contributed by atoms with Gasteiger partial charge in [0.1, 0.15) is 0 Å². The molecule has 3 nitrogen and oxygen atoms in total. The van der Waals surface area contributed by atoms with Gasteiger partial charge in [-0.15, -0.1) is 0 Å². The molecule has 5 aromatic rings. The van der Waals surface area contributed by atoms with Crippen molar-refractivity contribution in [2.24, 2.45) is 0 Å². The number of nitrogens with zero attached hydrogens (tertiary/aromatic N) is 3. The Balaban J connectivity index is 1.86. The highest BCUT2D eigenvalue weighted by atomic mass is 15.0. The fourth-order valence-electron chi connectivity index (χ4n) is 4.44. The van der Waals surface area contributed by atoms with Gasteiger partial charge < -0.3 is 4.57 Å². The molecule has 0 fully saturated rings. The first-order valence-electron chi connectivity index (χ1n) is 10.5. The van der Waals surface area contributed by atoms with E-state index in [0.717, 1.165) is 22.3 Å². The second-order valence-electron chi connectivity index (χ2n) is 8.88. The van der Waals surface area contributed by atoms with Crippen molar-refractivity contribution in [1.29, 1.82) is 5.26 Å². The van der Waals surface area contributed by atoms with E-state index in [1.54, 1.807) is 12.4 Å². The summed E-state index contributed by atoms with van der Waals surface area (Å²) in [5, 5.41) is 12.4. The van der Waals surface area contributed by atoms with Crippen LogP contribution in [-0.2, 0) is 5.41 Å². The van der Waals surface area contributed by atoms with Gasteiger partial charge in [0.2, 0.25) is 0 Å². The lowest BCUT2D eigenvalue weighted by Crippen LogP contribution is -2.13. The Morgan fingerprint density at radius 1 is 0.839 bits per heavy atom. The maximum atomic E-state index is 9.94. The lowest BCUT2D eigenvalue weighted by atomic mass is 9.85. The highest BCUT2D eigenvalue weighted by Crippen LogP contribution is 2.38. The molecule has 2 aromatic heterocycles. The largest absolute Gasteiger partial charge is 0.309 e. The number of nitriles is 1. The number of aromatic nitrogens is 2. The number of fused-ring (bicyclic) bond motifs is 3. The van der Waals surface area contributed by atoms with E-state index < -0.39 is 0 Å². The number of hydrogen-bond donors (Lipinski definition) is 0. The quantitative estimate of drug-likeness (QED) is 0.319. The molecule has 5 rings (SSSR count). The van der Waals surface area contributed by atoms with Gasteiger partial charge in [-0.1, -0.05) is 63.2 Å². The molecule has 150 valence electrons. The number of hydrogen-bond acceptors (Lipinski definition) is 2. The Hall–Kier alpha value is -3.90. The normalized spacial score (nSPS) is 11.7. The number of para-hydroxylation sites is 2. The minimum Gasteiger partial charge on any atom is -0.309 e. The SMILES string of the molecule is CC(C)(C)c1cccc2c3ccccc3n(-c3ccc(-c4ccncc4)c(C#N)c3)c12. The van der Waals surface area contributed by atoms with Crippen LogP contribution in [0.15, 0.2) is 85.2 Å². The van der Waals surface area contributed by atoms with Crippen molar-refractivity contribution in [3.05, 3.63) is 96.3 Å². The average Bonchev–Trinajstić information content (AvgIpc) is 3.13. The van der Waals surface area contributed by atoms with E-state index in [2.05, 4.69) is 84.9 Å². The molecule has 0 N–H and O–H groups in total. The van der Waals surface area contributed by atoms with Gasteiger partial charge in [-0.25, -0.2) is 0 Å². The lowest BCUT2D eigenvalue weighted by molar-refractivity contribution is 0.594.